The number of aromatic amines is 1. The van der Waals surface area contributed by atoms with E-state index in [1.54, 1.807) is 6.92 Å². The van der Waals surface area contributed by atoms with Gasteiger partial charge < -0.3 is 4.74 Å². The Morgan fingerprint density at radius 1 is 1.43 bits per heavy atom. The molecule has 2 heterocycles. The second-order valence-electron chi connectivity index (χ2n) is 2.44. The lowest BCUT2D eigenvalue weighted by Gasteiger charge is -1.90. The van der Waals surface area contributed by atoms with Crippen LogP contribution in [0.5, 0.6) is 0 Å². The van der Waals surface area contributed by atoms with E-state index in [9.17, 15) is 0 Å². The van der Waals surface area contributed by atoms with E-state index in [0.717, 1.165) is 11.7 Å². The number of H-pyrrole nitrogens is 1. The molecule has 0 unspecified atom stereocenters. The molecular weight excluding hydrogens is 182 g/mol. The number of rotatable bonds is 0. The molecule has 6 nitrogen and oxygen atoms in total. The molecule has 1 aromatic heterocycles. The molecule has 0 saturated heterocycles. The largest absolute Gasteiger partial charge is 0.447 e. The van der Waals surface area contributed by atoms with Gasteiger partial charge in [-0.25, -0.2) is 4.99 Å². The monoisotopic (exact) mass is 197 g/mol. The predicted octanol–water partition coefficient (Wildman–Crippen LogP) is 1.09. The SMILES string of the molecule is C.C=C1CN=C(C)O1.Cc1nn[nH]n1. The van der Waals surface area contributed by atoms with E-state index in [1.165, 1.54) is 0 Å². The predicted molar refractivity (Wildman–Crippen MR) is 53.8 cm³/mol. The third kappa shape index (κ3) is 4.34. The van der Waals surface area contributed by atoms with Gasteiger partial charge in [0.15, 0.2) is 11.7 Å². The third-order valence-corrected chi connectivity index (χ3v) is 1.22. The fourth-order valence-corrected chi connectivity index (χ4v) is 0.685. The molecule has 0 aromatic carbocycles. The first kappa shape index (κ1) is 12.3. The number of aliphatic imine (C=N–C) groups is 1. The number of tetrazole rings is 1. The molecule has 14 heavy (non-hydrogen) atoms. The quantitative estimate of drug-likeness (QED) is 0.675. The summed E-state index contributed by atoms with van der Waals surface area (Å²) < 4.78 is 4.92. The number of nitrogens with zero attached hydrogens (tertiary/aromatic N) is 4. The van der Waals surface area contributed by atoms with Crippen LogP contribution in [0.15, 0.2) is 17.3 Å². The maximum atomic E-state index is 4.92. The van der Waals surface area contributed by atoms with Gasteiger partial charge in [-0.15, -0.1) is 10.2 Å². The van der Waals surface area contributed by atoms with Crippen molar-refractivity contribution in [3.05, 3.63) is 18.2 Å². The van der Waals surface area contributed by atoms with Crippen LogP contribution in [0.2, 0.25) is 0 Å². The zero-order valence-electron chi connectivity index (χ0n) is 7.61. The van der Waals surface area contributed by atoms with Gasteiger partial charge in [0.05, 0.1) is 6.54 Å². The second kappa shape index (κ2) is 5.85. The Balaban J connectivity index is 0.000000227. The summed E-state index contributed by atoms with van der Waals surface area (Å²) in [5, 5.41) is 12.7. The topological polar surface area (TPSA) is 76.1 Å². The molecule has 0 amide bonds. The molecule has 0 spiro atoms. The molecule has 0 bridgehead atoms. The Kier molecular flexibility index (Phi) is 5.13. The standard InChI is InChI=1S/C5H7NO.C2H4N4.CH4/c1-4-3-6-5(2)7-4;1-2-3-5-6-4-2;/h1,3H2,2H3;1H3,(H,3,4,5,6);1H4. The van der Waals surface area contributed by atoms with Crippen molar-refractivity contribution in [2.75, 3.05) is 6.54 Å². The van der Waals surface area contributed by atoms with Crippen molar-refractivity contribution in [2.24, 2.45) is 4.99 Å². The molecule has 1 aromatic rings. The Hall–Kier alpha value is -1.72. The Morgan fingerprint density at radius 2 is 2.14 bits per heavy atom. The average Bonchev–Trinajstić information content (AvgIpc) is 2.64. The Labute approximate surface area is 83.1 Å². The summed E-state index contributed by atoms with van der Waals surface area (Å²) in [6.45, 7) is 7.80. The molecule has 0 saturated carbocycles. The van der Waals surface area contributed by atoms with Crippen LogP contribution in [0.3, 0.4) is 0 Å². The first-order valence-electron chi connectivity index (χ1n) is 3.75. The molecule has 6 heteroatoms. The summed E-state index contributed by atoms with van der Waals surface area (Å²) in [6, 6.07) is 0. The summed E-state index contributed by atoms with van der Waals surface area (Å²) in [6.07, 6.45) is 0. The van der Waals surface area contributed by atoms with E-state index in [2.05, 4.69) is 32.2 Å². The highest BCUT2D eigenvalue weighted by Crippen LogP contribution is 2.03. The number of nitrogens with one attached hydrogen (secondary N) is 1. The van der Waals surface area contributed by atoms with Gasteiger partial charge in [-0.05, 0) is 6.92 Å². The summed E-state index contributed by atoms with van der Waals surface area (Å²) in [4.78, 5) is 3.91. The van der Waals surface area contributed by atoms with Crippen LogP contribution in [0.4, 0.5) is 0 Å². The summed E-state index contributed by atoms with van der Waals surface area (Å²) >= 11 is 0. The van der Waals surface area contributed by atoms with Crippen LogP contribution in [0.1, 0.15) is 20.2 Å². The van der Waals surface area contributed by atoms with E-state index >= 15 is 0 Å². The lowest BCUT2D eigenvalue weighted by Crippen LogP contribution is -1.86. The molecule has 0 aliphatic carbocycles. The average molecular weight is 197 g/mol. The second-order valence-corrected chi connectivity index (χ2v) is 2.44. The van der Waals surface area contributed by atoms with E-state index in [4.69, 9.17) is 4.74 Å². The number of aryl methyl sites for hydroxylation is 1. The Bertz CT molecular complexity index is 304. The van der Waals surface area contributed by atoms with Gasteiger partial charge in [-0.1, -0.05) is 19.2 Å². The van der Waals surface area contributed by atoms with Crippen molar-refractivity contribution in [2.45, 2.75) is 21.3 Å². The highest BCUT2D eigenvalue weighted by molar-refractivity contribution is 5.76. The van der Waals surface area contributed by atoms with E-state index < -0.39 is 0 Å². The molecule has 0 fully saturated rings. The van der Waals surface area contributed by atoms with Gasteiger partial charge >= 0.3 is 0 Å². The van der Waals surface area contributed by atoms with Crippen LogP contribution < -0.4 is 0 Å². The lowest BCUT2D eigenvalue weighted by molar-refractivity contribution is 0.438. The molecule has 2 rings (SSSR count). The van der Waals surface area contributed by atoms with Gasteiger partial charge in [0.2, 0.25) is 0 Å². The minimum atomic E-state index is 0. The van der Waals surface area contributed by atoms with Gasteiger partial charge in [0.25, 0.3) is 0 Å². The maximum absolute atomic E-state index is 4.92. The fraction of sp³-hybridized carbons (Fsp3) is 0.500. The fourth-order valence-electron chi connectivity index (χ4n) is 0.685. The van der Waals surface area contributed by atoms with Crippen LogP contribution in [0, 0.1) is 6.92 Å². The van der Waals surface area contributed by atoms with Gasteiger partial charge in [-0.2, -0.15) is 5.21 Å². The van der Waals surface area contributed by atoms with E-state index in [1.807, 2.05) is 6.92 Å². The van der Waals surface area contributed by atoms with Crippen molar-refractivity contribution >= 4 is 5.90 Å². The van der Waals surface area contributed by atoms with Crippen LogP contribution in [0.25, 0.3) is 0 Å². The van der Waals surface area contributed by atoms with Crippen molar-refractivity contribution < 1.29 is 4.74 Å². The molecular formula is C8H15N5O. The van der Waals surface area contributed by atoms with Gasteiger partial charge in [0, 0.05) is 6.92 Å². The lowest BCUT2D eigenvalue weighted by atomic mass is 10.6. The molecule has 1 aliphatic rings. The zero-order chi connectivity index (χ0) is 9.68. The van der Waals surface area contributed by atoms with Crippen molar-refractivity contribution in [3.63, 3.8) is 0 Å². The van der Waals surface area contributed by atoms with Crippen LogP contribution in [-0.4, -0.2) is 33.1 Å². The van der Waals surface area contributed by atoms with Crippen molar-refractivity contribution in [1.29, 1.82) is 0 Å². The minimum absolute atomic E-state index is 0. The van der Waals surface area contributed by atoms with E-state index in [-0.39, 0.29) is 7.43 Å². The smallest absolute Gasteiger partial charge is 0.187 e. The molecule has 78 valence electrons. The number of hydrogen-bond donors (Lipinski definition) is 1. The minimum Gasteiger partial charge on any atom is -0.447 e. The molecule has 0 radical (unpaired) electrons. The third-order valence-electron chi connectivity index (χ3n) is 1.22. The first-order chi connectivity index (χ1) is 6.18. The highest BCUT2D eigenvalue weighted by Gasteiger charge is 2.03. The summed E-state index contributed by atoms with van der Waals surface area (Å²) in [5.41, 5.74) is 0. The summed E-state index contributed by atoms with van der Waals surface area (Å²) in [7, 11) is 0. The maximum Gasteiger partial charge on any atom is 0.187 e. The molecule has 1 aliphatic heterocycles. The van der Waals surface area contributed by atoms with Crippen molar-refractivity contribution in [3.8, 4) is 0 Å². The first-order valence-corrected chi connectivity index (χ1v) is 3.75. The number of ether oxygens (including phenoxy) is 1. The normalized spacial score (nSPS) is 13.3. The zero-order valence-corrected chi connectivity index (χ0v) is 7.61. The van der Waals surface area contributed by atoms with E-state index in [0.29, 0.717) is 12.4 Å². The van der Waals surface area contributed by atoms with Gasteiger partial charge in [-0.3, -0.25) is 0 Å². The van der Waals surface area contributed by atoms with Crippen molar-refractivity contribution in [1.82, 2.24) is 20.6 Å². The number of hydrogen-bond acceptors (Lipinski definition) is 5. The number of aromatic nitrogens is 4. The van der Waals surface area contributed by atoms with Crippen LogP contribution >= 0.6 is 0 Å². The van der Waals surface area contributed by atoms with Gasteiger partial charge in [0.1, 0.15) is 5.76 Å². The Morgan fingerprint density at radius 3 is 2.29 bits per heavy atom. The molecule has 0 atom stereocenters. The highest BCUT2D eigenvalue weighted by atomic mass is 16.5. The van der Waals surface area contributed by atoms with Crippen LogP contribution in [-0.2, 0) is 4.74 Å². The summed E-state index contributed by atoms with van der Waals surface area (Å²) in [5.74, 6) is 2.15. The molecule has 1 N–H and O–H groups in total.